The smallest absolute Gasteiger partial charge is 0.303 e. The van der Waals surface area contributed by atoms with E-state index in [0.717, 1.165) is 12.3 Å². The molecular weight excluding hydrogens is 318 g/mol. The number of aliphatic carboxylic acids is 1. The fourth-order valence-electron chi connectivity index (χ4n) is 1.62. The number of aryl methyl sites for hydroxylation is 1. The number of sulfonamides is 1. The predicted molar refractivity (Wildman–Crippen MR) is 76.3 cm³/mol. The van der Waals surface area contributed by atoms with E-state index in [0.29, 0.717) is 5.56 Å². The summed E-state index contributed by atoms with van der Waals surface area (Å²) in [5, 5.41) is 8.49. The normalized spacial score (nSPS) is 12.3. The first-order valence-electron chi connectivity index (χ1n) is 6.06. The van der Waals surface area contributed by atoms with E-state index in [1.165, 1.54) is 12.1 Å². The van der Waals surface area contributed by atoms with E-state index < -0.39 is 25.8 Å². The van der Waals surface area contributed by atoms with Crippen LogP contribution in [0, 0.1) is 6.92 Å². The third-order valence-electron chi connectivity index (χ3n) is 2.74. The zero-order chi connectivity index (χ0) is 16.3. The number of carbonyl (C=O) groups is 1. The lowest BCUT2D eigenvalue weighted by atomic mass is 10.2. The number of carboxylic acids is 1. The number of carboxylic acid groups (broad SMARTS) is 1. The van der Waals surface area contributed by atoms with Gasteiger partial charge in [-0.25, -0.2) is 21.6 Å². The maximum Gasteiger partial charge on any atom is 0.303 e. The minimum atomic E-state index is -3.88. The van der Waals surface area contributed by atoms with Crippen LogP contribution in [-0.4, -0.2) is 40.7 Å². The summed E-state index contributed by atoms with van der Waals surface area (Å²) in [6.07, 6.45) is 0.999. The van der Waals surface area contributed by atoms with E-state index in [1.807, 2.05) is 0 Å². The molecule has 0 unspecified atom stereocenters. The van der Waals surface area contributed by atoms with Gasteiger partial charge in [-0.1, -0.05) is 6.07 Å². The van der Waals surface area contributed by atoms with E-state index in [2.05, 4.69) is 4.72 Å². The minimum absolute atomic E-state index is 0.0306. The van der Waals surface area contributed by atoms with Crippen LogP contribution >= 0.6 is 0 Å². The van der Waals surface area contributed by atoms with Crippen LogP contribution in [0.15, 0.2) is 28.0 Å². The highest BCUT2D eigenvalue weighted by Crippen LogP contribution is 2.20. The summed E-state index contributed by atoms with van der Waals surface area (Å²) in [6.45, 7) is 1.52. The van der Waals surface area contributed by atoms with Gasteiger partial charge < -0.3 is 5.11 Å². The second-order valence-electron chi connectivity index (χ2n) is 4.59. The van der Waals surface area contributed by atoms with E-state index in [-0.39, 0.29) is 29.2 Å². The first kappa shape index (κ1) is 17.6. The lowest BCUT2D eigenvalue weighted by Gasteiger charge is -2.10. The molecule has 0 aliphatic heterocycles. The van der Waals surface area contributed by atoms with Crippen LogP contribution in [0.2, 0.25) is 0 Å². The highest BCUT2D eigenvalue weighted by Gasteiger charge is 2.19. The van der Waals surface area contributed by atoms with E-state index in [1.54, 1.807) is 6.92 Å². The van der Waals surface area contributed by atoms with Gasteiger partial charge in [0.2, 0.25) is 10.0 Å². The molecule has 1 aromatic rings. The van der Waals surface area contributed by atoms with Gasteiger partial charge in [-0.05, 0) is 31.0 Å². The van der Waals surface area contributed by atoms with Gasteiger partial charge in [-0.3, -0.25) is 4.79 Å². The van der Waals surface area contributed by atoms with Gasteiger partial charge in [0, 0.05) is 19.2 Å². The van der Waals surface area contributed by atoms with Crippen LogP contribution in [-0.2, 0) is 24.7 Å². The Labute approximate surface area is 124 Å². The predicted octanol–water partition coefficient (Wildman–Crippen LogP) is 0.542. The van der Waals surface area contributed by atoms with Crippen molar-refractivity contribution >= 4 is 25.8 Å². The largest absolute Gasteiger partial charge is 0.481 e. The average Bonchev–Trinajstić information content (AvgIpc) is 2.33. The molecule has 0 aliphatic rings. The maximum absolute atomic E-state index is 12.1. The Morgan fingerprint density at radius 2 is 1.86 bits per heavy atom. The highest BCUT2D eigenvalue weighted by molar-refractivity contribution is 7.91. The van der Waals surface area contributed by atoms with Crippen LogP contribution in [0.3, 0.4) is 0 Å². The summed E-state index contributed by atoms with van der Waals surface area (Å²) in [4.78, 5) is 10.2. The molecule has 0 spiro atoms. The number of hydrogen-bond acceptors (Lipinski definition) is 5. The third kappa shape index (κ3) is 5.10. The molecule has 0 aromatic heterocycles. The van der Waals surface area contributed by atoms with Crippen LogP contribution < -0.4 is 4.72 Å². The maximum atomic E-state index is 12.1. The van der Waals surface area contributed by atoms with Crippen LogP contribution in [0.25, 0.3) is 0 Å². The Kier molecular flexibility index (Phi) is 5.48. The quantitative estimate of drug-likeness (QED) is 0.702. The van der Waals surface area contributed by atoms with Crippen LogP contribution in [0.1, 0.15) is 18.4 Å². The minimum Gasteiger partial charge on any atom is -0.481 e. The number of hydrogen-bond donors (Lipinski definition) is 2. The van der Waals surface area contributed by atoms with Crippen molar-refractivity contribution in [2.45, 2.75) is 29.6 Å². The molecule has 0 heterocycles. The van der Waals surface area contributed by atoms with Crippen molar-refractivity contribution in [2.24, 2.45) is 0 Å². The van der Waals surface area contributed by atoms with Crippen molar-refractivity contribution in [3.8, 4) is 0 Å². The molecule has 0 fully saturated rings. The van der Waals surface area contributed by atoms with Gasteiger partial charge in [0.25, 0.3) is 0 Å². The zero-order valence-corrected chi connectivity index (χ0v) is 13.3. The van der Waals surface area contributed by atoms with E-state index >= 15 is 0 Å². The fraction of sp³-hybridized carbons (Fsp3) is 0.417. The standard InChI is InChI=1S/C12H17NO6S2/c1-9-5-6-10(20(2,16)17)8-11(9)21(18,19)13-7-3-4-12(14)15/h5-6,8,13H,3-4,7H2,1-2H3,(H,14,15). The molecule has 0 saturated heterocycles. The van der Waals surface area contributed by atoms with E-state index in [4.69, 9.17) is 5.11 Å². The molecular formula is C12H17NO6S2. The topological polar surface area (TPSA) is 118 Å². The number of benzene rings is 1. The summed E-state index contributed by atoms with van der Waals surface area (Å²) < 4.78 is 49.5. The Morgan fingerprint density at radius 3 is 2.38 bits per heavy atom. The molecule has 1 aromatic carbocycles. The lowest BCUT2D eigenvalue weighted by Crippen LogP contribution is -2.26. The van der Waals surface area contributed by atoms with Gasteiger partial charge >= 0.3 is 5.97 Å². The first-order chi connectivity index (χ1) is 9.54. The van der Waals surface area contributed by atoms with Crippen molar-refractivity contribution in [1.29, 1.82) is 0 Å². The van der Waals surface area contributed by atoms with E-state index in [9.17, 15) is 21.6 Å². The Balaban J connectivity index is 3.00. The van der Waals surface area contributed by atoms with Crippen LogP contribution in [0.4, 0.5) is 0 Å². The molecule has 118 valence electrons. The number of nitrogens with one attached hydrogen (secondary N) is 1. The van der Waals surface area contributed by atoms with Crippen molar-refractivity contribution in [3.05, 3.63) is 23.8 Å². The van der Waals surface area contributed by atoms with Gasteiger partial charge in [-0.15, -0.1) is 0 Å². The Hall–Kier alpha value is -1.45. The second kappa shape index (κ2) is 6.54. The van der Waals surface area contributed by atoms with Crippen molar-refractivity contribution in [3.63, 3.8) is 0 Å². The van der Waals surface area contributed by atoms with Gasteiger partial charge in [0.1, 0.15) is 0 Å². The fourth-order valence-corrected chi connectivity index (χ4v) is 3.69. The molecule has 1 rings (SSSR count). The summed E-state index contributed by atoms with van der Waals surface area (Å²) in [5.74, 6) is -1.01. The summed E-state index contributed by atoms with van der Waals surface area (Å²) in [6, 6.07) is 3.86. The summed E-state index contributed by atoms with van der Waals surface area (Å²) in [7, 11) is -7.39. The zero-order valence-electron chi connectivity index (χ0n) is 11.7. The first-order valence-corrected chi connectivity index (χ1v) is 9.43. The van der Waals surface area contributed by atoms with Crippen molar-refractivity contribution in [2.75, 3.05) is 12.8 Å². The molecule has 0 bridgehead atoms. The summed E-state index contributed by atoms with van der Waals surface area (Å²) >= 11 is 0. The monoisotopic (exact) mass is 335 g/mol. The number of rotatable bonds is 7. The number of sulfone groups is 1. The van der Waals surface area contributed by atoms with Gasteiger partial charge in [0.05, 0.1) is 9.79 Å². The molecule has 0 atom stereocenters. The Bertz CT molecular complexity index is 737. The molecule has 2 N–H and O–H groups in total. The Morgan fingerprint density at radius 1 is 1.24 bits per heavy atom. The lowest BCUT2D eigenvalue weighted by molar-refractivity contribution is -0.137. The SMILES string of the molecule is Cc1ccc(S(C)(=O)=O)cc1S(=O)(=O)NCCCC(=O)O. The molecule has 21 heavy (non-hydrogen) atoms. The molecule has 0 amide bonds. The molecule has 7 nitrogen and oxygen atoms in total. The third-order valence-corrected chi connectivity index (χ3v) is 5.45. The van der Waals surface area contributed by atoms with Crippen LogP contribution in [0.5, 0.6) is 0 Å². The van der Waals surface area contributed by atoms with Crippen molar-refractivity contribution in [1.82, 2.24) is 4.72 Å². The molecule has 0 radical (unpaired) electrons. The second-order valence-corrected chi connectivity index (χ2v) is 8.35. The highest BCUT2D eigenvalue weighted by atomic mass is 32.2. The van der Waals surface area contributed by atoms with Gasteiger partial charge in [-0.2, -0.15) is 0 Å². The van der Waals surface area contributed by atoms with Gasteiger partial charge in [0.15, 0.2) is 9.84 Å². The van der Waals surface area contributed by atoms with Crippen molar-refractivity contribution < 1.29 is 26.7 Å². The summed E-state index contributed by atoms with van der Waals surface area (Å²) in [5.41, 5.74) is 0.410. The molecule has 0 aliphatic carbocycles. The molecule has 0 saturated carbocycles. The molecule has 9 heteroatoms. The average molecular weight is 335 g/mol.